The van der Waals surface area contributed by atoms with E-state index in [0.717, 1.165) is 11.3 Å². The normalized spacial score (nSPS) is 18.0. The third kappa shape index (κ3) is 2.65. The van der Waals surface area contributed by atoms with Crippen molar-refractivity contribution in [2.75, 3.05) is 18.5 Å². The largest absolute Gasteiger partial charge is 0.352 e. The monoisotopic (exact) mass is 268 g/mol. The first kappa shape index (κ1) is 12.7. The molecule has 1 aliphatic heterocycles. The summed E-state index contributed by atoms with van der Waals surface area (Å²) in [6, 6.07) is 19.1. The number of rotatable bonds is 2. The highest BCUT2D eigenvalue weighted by Crippen LogP contribution is 2.27. The number of amides is 2. The average Bonchev–Trinajstić information content (AvgIpc) is 2.99. The van der Waals surface area contributed by atoms with Crippen molar-refractivity contribution in [3.63, 3.8) is 0 Å². The van der Waals surface area contributed by atoms with Crippen molar-refractivity contribution in [3.05, 3.63) is 66.2 Å². The Labute approximate surface area is 118 Å². The number of carbonyl (C=O) groups excluding carboxylic acids is 1. The maximum absolute atomic E-state index is 12.3. The van der Waals surface area contributed by atoms with Crippen molar-refractivity contribution in [2.45, 2.75) is 6.23 Å². The van der Waals surface area contributed by atoms with Crippen molar-refractivity contribution in [3.8, 4) is 0 Å². The molecular formula is C16H16N2O2. The van der Waals surface area contributed by atoms with Gasteiger partial charge in [-0.2, -0.15) is 0 Å². The molecule has 0 bridgehead atoms. The summed E-state index contributed by atoms with van der Waals surface area (Å²) in [7, 11) is 0. The lowest BCUT2D eigenvalue weighted by Crippen LogP contribution is -2.34. The van der Waals surface area contributed by atoms with E-state index in [1.165, 1.54) is 0 Å². The van der Waals surface area contributed by atoms with Crippen LogP contribution in [0.2, 0.25) is 0 Å². The number of urea groups is 1. The van der Waals surface area contributed by atoms with Crippen LogP contribution in [0.5, 0.6) is 0 Å². The van der Waals surface area contributed by atoms with Gasteiger partial charge in [0.05, 0.1) is 6.61 Å². The Balaban J connectivity index is 1.74. The molecule has 1 fully saturated rings. The lowest BCUT2D eigenvalue weighted by molar-refractivity contribution is 0.0522. The maximum atomic E-state index is 12.3. The van der Waals surface area contributed by atoms with E-state index in [4.69, 9.17) is 4.74 Å². The predicted octanol–water partition coefficient (Wildman–Crippen LogP) is 3.25. The molecule has 0 radical (unpaired) electrons. The summed E-state index contributed by atoms with van der Waals surface area (Å²) in [5.41, 5.74) is 1.78. The minimum Gasteiger partial charge on any atom is -0.352 e. The van der Waals surface area contributed by atoms with Crippen LogP contribution in [0, 0.1) is 0 Å². The highest BCUT2D eigenvalue weighted by Gasteiger charge is 2.30. The summed E-state index contributed by atoms with van der Waals surface area (Å²) in [6.45, 7) is 1.15. The molecule has 20 heavy (non-hydrogen) atoms. The van der Waals surface area contributed by atoms with Crippen LogP contribution in [0.1, 0.15) is 11.8 Å². The number of ether oxygens (including phenoxy) is 1. The van der Waals surface area contributed by atoms with Crippen LogP contribution in [0.4, 0.5) is 10.5 Å². The van der Waals surface area contributed by atoms with E-state index >= 15 is 0 Å². The molecule has 2 aromatic carbocycles. The number of nitrogens with zero attached hydrogens (tertiary/aromatic N) is 1. The number of hydrogen-bond donors (Lipinski definition) is 1. The van der Waals surface area contributed by atoms with Crippen LogP contribution in [0.15, 0.2) is 60.7 Å². The van der Waals surface area contributed by atoms with Gasteiger partial charge in [-0.15, -0.1) is 0 Å². The lowest BCUT2D eigenvalue weighted by Gasteiger charge is -2.23. The molecule has 1 N–H and O–H groups in total. The van der Waals surface area contributed by atoms with Crippen molar-refractivity contribution >= 4 is 11.7 Å². The number of benzene rings is 2. The molecule has 1 heterocycles. The smallest absolute Gasteiger partial charge is 0.324 e. The SMILES string of the molecule is O=C(Nc1ccccc1)N1CCOC1c1ccccc1. The molecule has 1 saturated heterocycles. The van der Waals surface area contributed by atoms with Gasteiger partial charge in [-0.05, 0) is 12.1 Å². The Morgan fingerprint density at radius 2 is 1.70 bits per heavy atom. The highest BCUT2D eigenvalue weighted by molar-refractivity contribution is 5.89. The number of para-hydroxylation sites is 1. The average molecular weight is 268 g/mol. The van der Waals surface area contributed by atoms with Gasteiger partial charge in [0.25, 0.3) is 0 Å². The van der Waals surface area contributed by atoms with Crippen molar-refractivity contribution in [1.29, 1.82) is 0 Å². The van der Waals surface area contributed by atoms with E-state index in [1.807, 2.05) is 60.7 Å². The third-order valence-corrected chi connectivity index (χ3v) is 3.26. The highest BCUT2D eigenvalue weighted by atomic mass is 16.5. The van der Waals surface area contributed by atoms with E-state index in [2.05, 4.69) is 5.32 Å². The molecule has 2 amide bonds. The summed E-state index contributed by atoms with van der Waals surface area (Å²) in [6.07, 6.45) is -0.306. The Kier molecular flexibility index (Phi) is 3.65. The van der Waals surface area contributed by atoms with E-state index < -0.39 is 0 Å². The van der Waals surface area contributed by atoms with E-state index in [-0.39, 0.29) is 12.3 Å². The van der Waals surface area contributed by atoms with Crippen molar-refractivity contribution in [1.82, 2.24) is 4.90 Å². The summed E-state index contributed by atoms with van der Waals surface area (Å²) < 4.78 is 5.68. The fraction of sp³-hybridized carbons (Fsp3) is 0.188. The summed E-state index contributed by atoms with van der Waals surface area (Å²) in [5, 5.41) is 2.89. The van der Waals surface area contributed by atoms with Gasteiger partial charge in [-0.1, -0.05) is 48.5 Å². The summed E-state index contributed by atoms with van der Waals surface area (Å²) in [5.74, 6) is 0. The van der Waals surface area contributed by atoms with Gasteiger partial charge < -0.3 is 10.1 Å². The first-order valence-corrected chi connectivity index (χ1v) is 6.64. The zero-order chi connectivity index (χ0) is 13.8. The van der Waals surface area contributed by atoms with Gasteiger partial charge in [0.2, 0.25) is 0 Å². The zero-order valence-corrected chi connectivity index (χ0v) is 11.0. The minimum atomic E-state index is -0.306. The van der Waals surface area contributed by atoms with Crippen LogP contribution < -0.4 is 5.32 Å². The predicted molar refractivity (Wildman–Crippen MR) is 77.3 cm³/mol. The van der Waals surface area contributed by atoms with Crippen LogP contribution in [0.25, 0.3) is 0 Å². The molecule has 0 saturated carbocycles. The van der Waals surface area contributed by atoms with Crippen molar-refractivity contribution in [2.24, 2.45) is 0 Å². The van der Waals surface area contributed by atoms with E-state index in [9.17, 15) is 4.79 Å². The second-order valence-corrected chi connectivity index (χ2v) is 4.62. The topological polar surface area (TPSA) is 41.6 Å². The number of nitrogens with one attached hydrogen (secondary N) is 1. The Bertz CT molecular complexity index is 572. The Morgan fingerprint density at radius 1 is 1.05 bits per heavy atom. The van der Waals surface area contributed by atoms with Crippen LogP contribution in [-0.2, 0) is 4.74 Å². The van der Waals surface area contributed by atoms with Crippen LogP contribution in [0.3, 0.4) is 0 Å². The second kappa shape index (κ2) is 5.75. The second-order valence-electron chi connectivity index (χ2n) is 4.62. The molecule has 1 aliphatic rings. The van der Waals surface area contributed by atoms with Gasteiger partial charge in [-0.3, -0.25) is 4.90 Å². The van der Waals surface area contributed by atoms with Gasteiger partial charge in [-0.25, -0.2) is 4.79 Å². The molecule has 3 rings (SSSR count). The number of anilines is 1. The maximum Gasteiger partial charge on any atom is 0.324 e. The molecule has 1 unspecified atom stereocenters. The zero-order valence-electron chi connectivity index (χ0n) is 11.0. The van der Waals surface area contributed by atoms with Crippen LogP contribution >= 0.6 is 0 Å². The molecule has 1 atom stereocenters. The Hall–Kier alpha value is -2.33. The molecule has 0 spiro atoms. The standard InChI is InChI=1S/C16H16N2O2/c19-16(17-14-9-5-2-6-10-14)18-11-12-20-15(18)13-7-3-1-4-8-13/h1-10,15H,11-12H2,(H,17,19). The number of carbonyl (C=O) groups is 1. The fourth-order valence-corrected chi connectivity index (χ4v) is 2.29. The molecule has 2 aromatic rings. The third-order valence-electron chi connectivity index (χ3n) is 3.26. The molecule has 4 heteroatoms. The fourth-order valence-electron chi connectivity index (χ4n) is 2.29. The molecule has 0 aromatic heterocycles. The summed E-state index contributed by atoms with van der Waals surface area (Å²) >= 11 is 0. The van der Waals surface area contributed by atoms with Gasteiger partial charge in [0, 0.05) is 17.8 Å². The first-order chi connectivity index (χ1) is 9.84. The van der Waals surface area contributed by atoms with Gasteiger partial charge in [0.1, 0.15) is 0 Å². The van der Waals surface area contributed by atoms with Gasteiger partial charge >= 0.3 is 6.03 Å². The van der Waals surface area contributed by atoms with E-state index in [1.54, 1.807) is 4.90 Å². The Morgan fingerprint density at radius 3 is 2.40 bits per heavy atom. The molecule has 4 nitrogen and oxygen atoms in total. The number of hydrogen-bond acceptors (Lipinski definition) is 2. The van der Waals surface area contributed by atoms with Gasteiger partial charge in [0.15, 0.2) is 6.23 Å². The quantitative estimate of drug-likeness (QED) is 0.908. The minimum absolute atomic E-state index is 0.137. The molecule has 0 aliphatic carbocycles. The first-order valence-electron chi connectivity index (χ1n) is 6.64. The van der Waals surface area contributed by atoms with Crippen molar-refractivity contribution < 1.29 is 9.53 Å². The summed E-state index contributed by atoms with van der Waals surface area (Å²) in [4.78, 5) is 14.0. The molecule has 102 valence electrons. The lowest BCUT2D eigenvalue weighted by atomic mass is 10.2. The van der Waals surface area contributed by atoms with Crippen LogP contribution in [-0.4, -0.2) is 24.1 Å². The molecular weight excluding hydrogens is 252 g/mol. The van der Waals surface area contributed by atoms with E-state index in [0.29, 0.717) is 13.2 Å².